The normalized spacial score (nSPS) is 13.8. The SMILES string of the molecule is COc1cc(NC2=C(c3ccc(Cl)cc3)C(=O)N(CC(C)C)C2=O)cc(OC)c1OC. The molecule has 1 aliphatic rings. The molecule has 0 radical (unpaired) electrons. The molecule has 2 aromatic rings. The number of rotatable bonds is 8. The van der Waals surface area contributed by atoms with Gasteiger partial charge in [0.1, 0.15) is 5.70 Å². The molecule has 0 aromatic heterocycles. The van der Waals surface area contributed by atoms with E-state index >= 15 is 0 Å². The molecule has 1 N–H and O–H groups in total. The summed E-state index contributed by atoms with van der Waals surface area (Å²) in [6.45, 7) is 4.22. The molecule has 7 nitrogen and oxygen atoms in total. The lowest BCUT2D eigenvalue weighted by Crippen LogP contribution is -2.35. The molecule has 0 saturated carbocycles. The molecule has 0 aliphatic carbocycles. The van der Waals surface area contributed by atoms with E-state index in [0.29, 0.717) is 40.1 Å². The Morgan fingerprint density at radius 3 is 2.00 bits per heavy atom. The number of ether oxygens (including phenoxy) is 3. The molecule has 0 saturated heterocycles. The van der Waals surface area contributed by atoms with Crippen molar-refractivity contribution in [3.63, 3.8) is 0 Å². The van der Waals surface area contributed by atoms with Crippen molar-refractivity contribution in [1.82, 2.24) is 4.90 Å². The number of methoxy groups -OCH3 is 3. The molecule has 0 unspecified atom stereocenters. The summed E-state index contributed by atoms with van der Waals surface area (Å²) in [5.41, 5.74) is 1.59. The van der Waals surface area contributed by atoms with Gasteiger partial charge in [-0.2, -0.15) is 0 Å². The fourth-order valence-corrected chi connectivity index (χ4v) is 3.53. The highest BCUT2D eigenvalue weighted by Gasteiger charge is 2.39. The van der Waals surface area contributed by atoms with Crippen LogP contribution in [0.1, 0.15) is 19.4 Å². The van der Waals surface area contributed by atoms with E-state index in [2.05, 4.69) is 5.32 Å². The Bertz CT molecular complexity index is 1010. The molecular formula is C23H25ClN2O5. The summed E-state index contributed by atoms with van der Waals surface area (Å²) in [5, 5.41) is 3.65. The van der Waals surface area contributed by atoms with Gasteiger partial charge in [0.15, 0.2) is 11.5 Å². The maximum absolute atomic E-state index is 13.2. The molecule has 1 aliphatic heterocycles. The Morgan fingerprint density at radius 1 is 0.935 bits per heavy atom. The van der Waals surface area contributed by atoms with Crippen molar-refractivity contribution >= 4 is 34.7 Å². The van der Waals surface area contributed by atoms with Gasteiger partial charge in [0.05, 0.1) is 26.9 Å². The van der Waals surface area contributed by atoms with Crippen LogP contribution in [0.3, 0.4) is 0 Å². The fourth-order valence-electron chi connectivity index (χ4n) is 3.40. The quantitative estimate of drug-likeness (QED) is 0.614. The number of hydrogen-bond acceptors (Lipinski definition) is 6. The van der Waals surface area contributed by atoms with E-state index in [0.717, 1.165) is 0 Å². The van der Waals surface area contributed by atoms with Crippen molar-refractivity contribution in [3.05, 3.63) is 52.7 Å². The summed E-state index contributed by atoms with van der Waals surface area (Å²) in [7, 11) is 4.53. The smallest absolute Gasteiger partial charge is 0.278 e. The number of amides is 2. The summed E-state index contributed by atoms with van der Waals surface area (Å²) in [6, 6.07) is 10.2. The van der Waals surface area contributed by atoms with Crippen LogP contribution >= 0.6 is 11.6 Å². The third kappa shape index (κ3) is 4.46. The first-order chi connectivity index (χ1) is 14.8. The van der Waals surface area contributed by atoms with Gasteiger partial charge < -0.3 is 19.5 Å². The second kappa shape index (κ2) is 9.31. The summed E-state index contributed by atoms with van der Waals surface area (Å²) >= 11 is 6.01. The van der Waals surface area contributed by atoms with Crippen molar-refractivity contribution < 1.29 is 23.8 Å². The number of carbonyl (C=O) groups excluding carboxylic acids is 2. The van der Waals surface area contributed by atoms with E-state index in [1.807, 2.05) is 13.8 Å². The Kier molecular flexibility index (Phi) is 6.75. The Balaban J connectivity index is 2.11. The van der Waals surface area contributed by atoms with E-state index in [9.17, 15) is 9.59 Å². The standard InChI is InChI=1S/C23H25ClN2O5/c1-13(2)12-26-22(27)19(14-6-8-15(24)9-7-14)20(23(26)28)25-16-10-17(29-3)21(31-5)18(11-16)30-4/h6-11,13,25H,12H2,1-5H3. The molecule has 0 spiro atoms. The van der Waals surface area contributed by atoms with Gasteiger partial charge in [0.2, 0.25) is 5.75 Å². The Labute approximate surface area is 186 Å². The van der Waals surface area contributed by atoms with E-state index in [1.165, 1.54) is 26.2 Å². The Hall–Kier alpha value is -3.19. The van der Waals surface area contributed by atoms with E-state index in [-0.39, 0.29) is 23.1 Å². The van der Waals surface area contributed by atoms with Crippen LogP contribution in [-0.2, 0) is 9.59 Å². The maximum atomic E-state index is 13.2. The molecule has 0 fully saturated rings. The maximum Gasteiger partial charge on any atom is 0.278 e. The van der Waals surface area contributed by atoms with Crippen LogP contribution in [0.25, 0.3) is 5.57 Å². The molecule has 0 bridgehead atoms. The zero-order valence-electron chi connectivity index (χ0n) is 18.1. The highest BCUT2D eigenvalue weighted by Crippen LogP contribution is 2.41. The van der Waals surface area contributed by atoms with E-state index < -0.39 is 5.91 Å². The molecule has 164 valence electrons. The van der Waals surface area contributed by atoms with E-state index in [4.69, 9.17) is 25.8 Å². The predicted octanol–water partition coefficient (Wildman–Crippen LogP) is 4.21. The minimum absolute atomic E-state index is 0.125. The average molecular weight is 445 g/mol. The first kappa shape index (κ1) is 22.5. The number of imide groups is 1. The molecule has 2 amide bonds. The number of nitrogens with zero attached hydrogens (tertiary/aromatic N) is 1. The fraction of sp³-hybridized carbons (Fsp3) is 0.304. The molecule has 31 heavy (non-hydrogen) atoms. The van der Waals surface area contributed by atoms with Crippen molar-refractivity contribution in [3.8, 4) is 17.2 Å². The number of carbonyl (C=O) groups is 2. The molecule has 2 aromatic carbocycles. The van der Waals surface area contributed by atoms with Gasteiger partial charge in [-0.1, -0.05) is 37.6 Å². The van der Waals surface area contributed by atoms with Crippen LogP contribution < -0.4 is 19.5 Å². The Morgan fingerprint density at radius 2 is 1.52 bits per heavy atom. The minimum atomic E-state index is -0.391. The first-order valence-electron chi connectivity index (χ1n) is 9.74. The van der Waals surface area contributed by atoms with Gasteiger partial charge in [-0.3, -0.25) is 14.5 Å². The van der Waals surface area contributed by atoms with Crippen LogP contribution in [0.15, 0.2) is 42.1 Å². The first-order valence-corrected chi connectivity index (χ1v) is 10.1. The average Bonchev–Trinajstić information content (AvgIpc) is 2.97. The van der Waals surface area contributed by atoms with Crippen molar-refractivity contribution in [1.29, 1.82) is 0 Å². The molecule has 0 atom stereocenters. The van der Waals surface area contributed by atoms with Gasteiger partial charge >= 0.3 is 0 Å². The van der Waals surface area contributed by atoms with Crippen molar-refractivity contribution in [2.45, 2.75) is 13.8 Å². The summed E-state index contributed by atoms with van der Waals surface area (Å²) < 4.78 is 16.1. The minimum Gasteiger partial charge on any atom is -0.493 e. The van der Waals surface area contributed by atoms with Gasteiger partial charge in [-0.05, 0) is 23.6 Å². The number of benzene rings is 2. The van der Waals surface area contributed by atoms with Gasteiger partial charge in [0, 0.05) is 29.4 Å². The van der Waals surface area contributed by atoms with Gasteiger partial charge in [0.25, 0.3) is 11.8 Å². The van der Waals surface area contributed by atoms with Crippen molar-refractivity contribution in [2.24, 2.45) is 5.92 Å². The topological polar surface area (TPSA) is 77.1 Å². The zero-order chi connectivity index (χ0) is 22.7. The predicted molar refractivity (Wildman–Crippen MR) is 120 cm³/mol. The highest BCUT2D eigenvalue weighted by atomic mass is 35.5. The zero-order valence-corrected chi connectivity index (χ0v) is 18.9. The van der Waals surface area contributed by atoms with Crippen molar-refractivity contribution in [2.75, 3.05) is 33.2 Å². The summed E-state index contributed by atoms with van der Waals surface area (Å²) in [5.74, 6) is 0.661. The summed E-state index contributed by atoms with van der Waals surface area (Å²) in [4.78, 5) is 27.7. The number of anilines is 1. The highest BCUT2D eigenvalue weighted by molar-refractivity contribution is 6.37. The largest absolute Gasteiger partial charge is 0.493 e. The molecule has 3 rings (SSSR count). The second-order valence-electron chi connectivity index (χ2n) is 7.41. The third-order valence-corrected chi connectivity index (χ3v) is 5.03. The van der Waals surface area contributed by atoms with Crippen LogP contribution in [-0.4, -0.2) is 44.6 Å². The van der Waals surface area contributed by atoms with Crippen LogP contribution in [0.4, 0.5) is 5.69 Å². The lowest BCUT2D eigenvalue weighted by molar-refractivity contribution is -0.137. The van der Waals surface area contributed by atoms with Crippen LogP contribution in [0.5, 0.6) is 17.2 Å². The molecular weight excluding hydrogens is 420 g/mol. The monoisotopic (exact) mass is 444 g/mol. The molecule has 8 heteroatoms. The van der Waals surface area contributed by atoms with Gasteiger partial charge in [-0.25, -0.2) is 0 Å². The van der Waals surface area contributed by atoms with Crippen LogP contribution in [0.2, 0.25) is 5.02 Å². The molecule has 1 heterocycles. The lowest BCUT2D eigenvalue weighted by Gasteiger charge is -2.18. The lowest BCUT2D eigenvalue weighted by atomic mass is 10.0. The number of halogens is 1. The van der Waals surface area contributed by atoms with E-state index in [1.54, 1.807) is 36.4 Å². The van der Waals surface area contributed by atoms with Gasteiger partial charge in [-0.15, -0.1) is 0 Å². The second-order valence-corrected chi connectivity index (χ2v) is 7.85. The third-order valence-electron chi connectivity index (χ3n) is 4.78. The van der Waals surface area contributed by atoms with Crippen LogP contribution in [0, 0.1) is 5.92 Å². The number of nitrogens with one attached hydrogen (secondary N) is 1. The number of hydrogen-bond donors (Lipinski definition) is 1. The summed E-state index contributed by atoms with van der Waals surface area (Å²) in [6.07, 6.45) is 0.